The zero-order chi connectivity index (χ0) is 15.1. The van der Waals surface area contributed by atoms with Crippen molar-refractivity contribution in [1.29, 1.82) is 0 Å². The van der Waals surface area contributed by atoms with E-state index < -0.39 is 0 Å². The second-order valence-electron chi connectivity index (χ2n) is 6.06. The van der Waals surface area contributed by atoms with Crippen LogP contribution in [-0.2, 0) is 13.1 Å². The average molecular weight is 416 g/mol. The molecule has 1 saturated carbocycles. The lowest BCUT2D eigenvalue weighted by Gasteiger charge is -2.18. The molecule has 1 aromatic carbocycles. The summed E-state index contributed by atoms with van der Waals surface area (Å²) in [6, 6.07) is 9.18. The first-order valence-corrected chi connectivity index (χ1v) is 7.87. The topological polar surface area (TPSA) is 39.7 Å². The van der Waals surface area contributed by atoms with Gasteiger partial charge in [-0.2, -0.15) is 0 Å². The molecule has 5 heteroatoms. The number of rotatable bonds is 5. The molecule has 0 aliphatic heterocycles. The molecule has 124 valence electrons. The van der Waals surface area contributed by atoms with E-state index in [4.69, 9.17) is 0 Å². The summed E-state index contributed by atoms with van der Waals surface area (Å²) >= 11 is 0. The Kier molecular flexibility index (Phi) is 8.78. The fraction of sp³-hybridized carbons (Fsp3) is 0.588. The molecule has 0 amide bonds. The maximum absolute atomic E-state index is 4.34. The Balaban J connectivity index is 0.00000242. The first kappa shape index (κ1) is 19.2. The van der Waals surface area contributed by atoms with Crippen LogP contribution in [-0.4, -0.2) is 38.0 Å². The van der Waals surface area contributed by atoms with Crippen LogP contribution in [0.4, 0.5) is 0 Å². The molecule has 2 N–H and O–H groups in total. The summed E-state index contributed by atoms with van der Waals surface area (Å²) in [5, 5.41) is 6.97. The quantitative estimate of drug-likeness (QED) is 0.441. The largest absolute Gasteiger partial charge is 0.354 e. The van der Waals surface area contributed by atoms with E-state index in [9.17, 15) is 0 Å². The normalized spacial score (nSPS) is 15.7. The highest BCUT2D eigenvalue weighted by Gasteiger charge is 2.15. The summed E-state index contributed by atoms with van der Waals surface area (Å²) in [6.07, 6.45) is 5.19. The van der Waals surface area contributed by atoms with Gasteiger partial charge in [-0.25, -0.2) is 0 Å². The van der Waals surface area contributed by atoms with Gasteiger partial charge in [0, 0.05) is 26.2 Å². The van der Waals surface area contributed by atoms with E-state index in [0.29, 0.717) is 6.04 Å². The third-order valence-corrected chi connectivity index (χ3v) is 3.97. The van der Waals surface area contributed by atoms with Crippen LogP contribution in [0.25, 0.3) is 0 Å². The number of guanidine groups is 1. The second-order valence-corrected chi connectivity index (χ2v) is 6.06. The van der Waals surface area contributed by atoms with Gasteiger partial charge in [0.2, 0.25) is 0 Å². The van der Waals surface area contributed by atoms with E-state index in [1.807, 2.05) is 7.05 Å². The molecule has 0 aromatic heterocycles. The Morgan fingerprint density at radius 3 is 2.41 bits per heavy atom. The van der Waals surface area contributed by atoms with Crippen molar-refractivity contribution in [2.75, 3.05) is 21.1 Å². The van der Waals surface area contributed by atoms with Crippen LogP contribution in [0, 0.1) is 0 Å². The van der Waals surface area contributed by atoms with Crippen molar-refractivity contribution in [2.24, 2.45) is 4.99 Å². The van der Waals surface area contributed by atoms with E-state index >= 15 is 0 Å². The molecule has 2 rings (SSSR count). The van der Waals surface area contributed by atoms with Gasteiger partial charge in [-0.05, 0) is 38.1 Å². The molecule has 1 aromatic rings. The minimum Gasteiger partial charge on any atom is -0.354 e. The Labute approximate surface area is 151 Å². The van der Waals surface area contributed by atoms with Gasteiger partial charge in [0.05, 0.1) is 0 Å². The lowest BCUT2D eigenvalue weighted by molar-refractivity contribution is 0.400. The van der Waals surface area contributed by atoms with Crippen molar-refractivity contribution >= 4 is 29.9 Å². The van der Waals surface area contributed by atoms with Crippen LogP contribution in [0.3, 0.4) is 0 Å². The van der Waals surface area contributed by atoms with Crippen LogP contribution in [0.1, 0.15) is 36.8 Å². The standard InChI is InChI=1S/C17H28N4.HI/c1-18-17(20-16-10-6-7-11-16)19-12-14-8-4-5-9-15(14)13-21(2)3;/h4-5,8-9,16H,6-7,10-13H2,1-3H3,(H2,18,19,20);1H. The Morgan fingerprint density at radius 1 is 1.18 bits per heavy atom. The Hall–Kier alpha value is -0.820. The lowest BCUT2D eigenvalue weighted by Crippen LogP contribution is -2.42. The van der Waals surface area contributed by atoms with Crippen LogP contribution in [0.15, 0.2) is 29.3 Å². The smallest absolute Gasteiger partial charge is 0.191 e. The van der Waals surface area contributed by atoms with Crippen LogP contribution in [0.2, 0.25) is 0 Å². The van der Waals surface area contributed by atoms with Crippen molar-refractivity contribution in [1.82, 2.24) is 15.5 Å². The van der Waals surface area contributed by atoms with Crippen LogP contribution < -0.4 is 10.6 Å². The van der Waals surface area contributed by atoms with E-state index in [1.54, 1.807) is 0 Å². The minimum atomic E-state index is 0. The molecule has 0 heterocycles. The molecule has 0 saturated heterocycles. The van der Waals surface area contributed by atoms with Crippen molar-refractivity contribution in [3.05, 3.63) is 35.4 Å². The molecule has 1 aliphatic carbocycles. The number of hydrogen-bond acceptors (Lipinski definition) is 2. The maximum Gasteiger partial charge on any atom is 0.191 e. The molecular formula is C17H29IN4. The molecule has 0 spiro atoms. The molecule has 22 heavy (non-hydrogen) atoms. The summed E-state index contributed by atoms with van der Waals surface area (Å²) in [4.78, 5) is 6.54. The number of hydrogen-bond donors (Lipinski definition) is 2. The molecule has 0 bridgehead atoms. The first-order valence-electron chi connectivity index (χ1n) is 7.87. The van der Waals surface area contributed by atoms with E-state index in [2.05, 4.69) is 58.9 Å². The summed E-state index contributed by atoms with van der Waals surface area (Å²) in [6.45, 7) is 1.78. The summed E-state index contributed by atoms with van der Waals surface area (Å²) < 4.78 is 0. The highest BCUT2D eigenvalue weighted by molar-refractivity contribution is 14.0. The van der Waals surface area contributed by atoms with Crippen molar-refractivity contribution < 1.29 is 0 Å². The van der Waals surface area contributed by atoms with Crippen molar-refractivity contribution in [2.45, 2.75) is 44.8 Å². The summed E-state index contributed by atoms with van der Waals surface area (Å²) in [5.41, 5.74) is 2.70. The Bertz CT molecular complexity index is 467. The molecule has 4 nitrogen and oxygen atoms in total. The van der Waals surface area contributed by atoms with Crippen molar-refractivity contribution in [3.8, 4) is 0 Å². The van der Waals surface area contributed by atoms with Gasteiger partial charge >= 0.3 is 0 Å². The van der Waals surface area contributed by atoms with Gasteiger partial charge in [-0.1, -0.05) is 37.1 Å². The minimum absolute atomic E-state index is 0. The summed E-state index contributed by atoms with van der Waals surface area (Å²) in [5.74, 6) is 0.918. The Morgan fingerprint density at radius 2 is 1.82 bits per heavy atom. The average Bonchev–Trinajstić information content (AvgIpc) is 2.97. The highest BCUT2D eigenvalue weighted by atomic mass is 127. The maximum atomic E-state index is 4.34. The molecule has 0 atom stereocenters. The van der Waals surface area contributed by atoms with E-state index in [-0.39, 0.29) is 24.0 Å². The third kappa shape index (κ3) is 6.12. The number of nitrogens with one attached hydrogen (secondary N) is 2. The molecule has 0 radical (unpaired) electrons. The predicted octanol–water partition coefficient (Wildman–Crippen LogP) is 2.97. The number of halogens is 1. The first-order chi connectivity index (χ1) is 10.2. The molecule has 1 fully saturated rings. The molecule has 1 aliphatic rings. The SMILES string of the molecule is CN=C(NCc1ccccc1CN(C)C)NC1CCCC1.I. The van der Waals surface area contributed by atoms with Gasteiger partial charge < -0.3 is 15.5 Å². The lowest BCUT2D eigenvalue weighted by atomic mass is 10.1. The van der Waals surface area contributed by atoms with Gasteiger partial charge in [0.1, 0.15) is 0 Å². The third-order valence-electron chi connectivity index (χ3n) is 3.97. The van der Waals surface area contributed by atoms with Crippen LogP contribution in [0.5, 0.6) is 0 Å². The van der Waals surface area contributed by atoms with Gasteiger partial charge in [-0.15, -0.1) is 24.0 Å². The fourth-order valence-corrected chi connectivity index (χ4v) is 2.86. The van der Waals surface area contributed by atoms with Crippen molar-refractivity contribution in [3.63, 3.8) is 0 Å². The van der Waals surface area contributed by atoms with Crippen LogP contribution >= 0.6 is 24.0 Å². The predicted molar refractivity (Wildman–Crippen MR) is 105 cm³/mol. The second kappa shape index (κ2) is 10.0. The van der Waals surface area contributed by atoms with E-state index in [1.165, 1.54) is 36.8 Å². The number of aliphatic imine (C=N–C) groups is 1. The zero-order valence-electron chi connectivity index (χ0n) is 13.9. The van der Waals surface area contributed by atoms with Gasteiger partial charge in [0.15, 0.2) is 5.96 Å². The monoisotopic (exact) mass is 416 g/mol. The summed E-state index contributed by atoms with van der Waals surface area (Å²) in [7, 11) is 6.05. The molecular weight excluding hydrogens is 387 g/mol. The van der Waals surface area contributed by atoms with Gasteiger partial charge in [0.25, 0.3) is 0 Å². The molecule has 0 unspecified atom stereocenters. The number of nitrogens with zero attached hydrogens (tertiary/aromatic N) is 2. The number of benzene rings is 1. The van der Waals surface area contributed by atoms with Gasteiger partial charge in [-0.3, -0.25) is 4.99 Å². The highest BCUT2D eigenvalue weighted by Crippen LogP contribution is 2.17. The zero-order valence-corrected chi connectivity index (χ0v) is 16.3. The fourth-order valence-electron chi connectivity index (χ4n) is 2.86. The van der Waals surface area contributed by atoms with E-state index in [0.717, 1.165) is 19.0 Å².